The van der Waals surface area contributed by atoms with Gasteiger partial charge in [0, 0.05) is 5.56 Å². The van der Waals surface area contributed by atoms with E-state index in [0.717, 1.165) is 38.3 Å². The van der Waals surface area contributed by atoms with E-state index >= 15 is 0 Å². The zero-order chi connectivity index (χ0) is 25.0. The number of rotatable bonds is 8. The molecule has 0 radical (unpaired) electrons. The molecule has 0 fully saturated rings. The summed E-state index contributed by atoms with van der Waals surface area (Å²) in [6, 6.07) is 4.84. The summed E-state index contributed by atoms with van der Waals surface area (Å²) in [5.41, 5.74) is -3.83. The van der Waals surface area contributed by atoms with Gasteiger partial charge in [0.25, 0.3) is 0 Å². The zero-order valence-electron chi connectivity index (χ0n) is 17.1. The fourth-order valence-corrected chi connectivity index (χ4v) is 2.61. The van der Waals surface area contributed by atoms with Crippen molar-refractivity contribution in [1.29, 1.82) is 0 Å². The Labute approximate surface area is 183 Å². The van der Waals surface area contributed by atoms with Gasteiger partial charge >= 0.3 is 18.3 Å². The van der Waals surface area contributed by atoms with Gasteiger partial charge in [0.1, 0.15) is 12.4 Å². The first kappa shape index (κ1) is 26.3. The van der Waals surface area contributed by atoms with Gasteiger partial charge < -0.3 is 14.2 Å². The molecular formula is C21H17F7O5. The molecule has 33 heavy (non-hydrogen) atoms. The molecule has 0 spiro atoms. The third-order valence-corrected chi connectivity index (χ3v) is 4.33. The van der Waals surface area contributed by atoms with Crippen molar-refractivity contribution in [3.63, 3.8) is 0 Å². The predicted molar refractivity (Wildman–Crippen MR) is 98.4 cm³/mol. The van der Waals surface area contributed by atoms with Crippen molar-refractivity contribution in [2.75, 3.05) is 13.7 Å². The average Bonchev–Trinajstić information content (AvgIpc) is 2.74. The van der Waals surface area contributed by atoms with Crippen LogP contribution in [0.25, 0.3) is 0 Å². The minimum Gasteiger partial charge on any atom is -0.467 e. The number of halogens is 7. The second kappa shape index (κ2) is 10.3. The molecule has 2 aromatic rings. The molecule has 2 rings (SSSR count). The lowest BCUT2D eigenvalue weighted by atomic mass is 10.0. The fourth-order valence-electron chi connectivity index (χ4n) is 2.61. The smallest absolute Gasteiger partial charge is 0.416 e. The number of ether oxygens (including phenoxy) is 3. The lowest BCUT2D eigenvalue weighted by Gasteiger charge is -2.23. The molecule has 0 aliphatic heterocycles. The van der Waals surface area contributed by atoms with E-state index in [1.54, 1.807) is 0 Å². The van der Waals surface area contributed by atoms with Gasteiger partial charge in [-0.1, -0.05) is 0 Å². The molecule has 0 saturated carbocycles. The van der Waals surface area contributed by atoms with Crippen molar-refractivity contribution in [2.45, 2.75) is 31.7 Å². The SMILES string of the molecule is COC(=O)CO[C@H](O[C@@H](C)c1cc(C(F)(F)F)cc(C(F)(F)F)c1)C(=O)c1ccc(F)cc1. The Bertz CT molecular complexity index is 952. The summed E-state index contributed by atoms with van der Waals surface area (Å²) in [4.78, 5) is 24.1. The minimum absolute atomic E-state index is 0.0505. The van der Waals surface area contributed by atoms with E-state index in [1.165, 1.54) is 0 Å². The first-order valence-corrected chi connectivity index (χ1v) is 9.15. The van der Waals surface area contributed by atoms with Crippen molar-refractivity contribution < 1.29 is 54.5 Å². The van der Waals surface area contributed by atoms with Gasteiger partial charge in [-0.05, 0) is 55.0 Å². The summed E-state index contributed by atoms with van der Waals surface area (Å²) >= 11 is 0. The van der Waals surface area contributed by atoms with E-state index in [2.05, 4.69) is 4.74 Å². The molecule has 2 aromatic carbocycles. The summed E-state index contributed by atoms with van der Waals surface area (Å²) in [5.74, 6) is -2.55. The number of carbonyl (C=O) groups excluding carboxylic acids is 2. The van der Waals surface area contributed by atoms with Crippen LogP contribution in [-0.2, 0) is 31.4 Å². The van der Waals surface area contributed by atoms with Crippen molar-refractivity contribution in [2.24, 2.45) is 0 Å². The van der Waals surface area contributed by atoms with Crippen LogP contribution in [0, 0.1) is 5.82 Å². The number of carbonyl (C=O) groups is 2. The van der Waals surface area contributed by atoms with E-state index < -0.39 is 65.6 Å². The number of benzene rings is 2. The number of esters is 1. The van der Waals surface area contributed by atoms with Gasteiger partial charge in [-0.3, -0.25) is 4.79 Å². The predicted octanol–water partition coefficient (Wildman–Crippen LogP) is 5.34. The molecule has 5 nitrogen and oxygen atoms in total. The van der Waals surface area contributed by atoms with E-state index in [-0.39, 0.29) is 11.6 Å². The van der Waals surface area contributed by atoms with Gasteiger partial charge in [-0.15, -0.1) is 0 Å². The van der Waals surface area contributed by atoms with Gasteiger partial charge in [0.2, 0.25) is 12.1 Å². The highest BCUT2D eigenvalue weighted by atomic mass is 19.4. The van der Waals surface area contributed by atoms with Crippen molar-refractivity contribution in [3.8, 4) is 0 Å². The van der Waals surface area contributed by atoms with Crippen LogP contribution in [-0.4, -0.2) is 31.8 Å². The largest absolute Gasteiger partial charge is 0.467 e. The first-order valence-electron chi connectivity index (χ1n) is 9.15. The molecule has 0 bridgehead atoms. The van der Waals surface area contributed by atoms with Gasteiger partial charge in [-0.2, -0.15) is 26.3 Å². The quantitative estimate of drug-likeness (QED) is 0.220. The lowest BCUT2D eigenvalue weighted by Crippen LogP contribution is -2.31. The van der Waals surface area contributed by atoms with E-state index in [9.17, 15) is 40.3 Å². The van der Waals surface area contributed by atoms with Crippen molar-refractivity contribution in [3.05, 3.63) is 70.5 Å². The van der Waals surface area contributed by atoms with Crippen LogP contribution < -0.4 is 0 Å². The van der Waals surface area contributed by atoms with E-state index in [1.807, 2.05) is 0 Å². The molecule has 0 aliphatic rings. The molecule has 180 valence electrons. The Kier molecular flexibility index (Phi) is 8.20. The van der Waals surface area contributed by atoms with Crippen molar-refractivity contribution >= 4 is 11.8 Å². The Hall–Kier alpha value is -2.99. The Morgan fingerprint density at radius 1 is 0.909 bits per heavy atom. The average molecular weight is 482 g/mol. The molecule has 2 atom stereocenters. The number of Topliss-reactive ketones (excluding diaryl/α,β-unsaturated/α-hetero) is 1. The third-order valence-electron chi connectivity index (χ3n) is 4.33. The third kappa shape index (κ3) is 7.26. The number of methoxy groups -OCH3 is 1. The van der Waals surface area contributed by atoms with Gasteiger partial charge in [-0.25, -0.2) is 9.18 Å². The molecule has 0 unspecified atom stereocenters. The topological polar surface area (TPSA) is 61.8 Å². The molecule has 0 aliphatic carbocycles. The Balaban J connectivity index is 2.39. The second-order valence-corrected chi connectivity index (χ2v) is 6.71. The monoisotopic (exact) mass is 482 g/mol. The van der Waals surface area contributed by atoms with Crippen LogP contribution in [0.4, 0.5) is 30.7 Å². The zero-order valence-corrected chi connectivity index (χ0v) is 17.1. The first-order chi connectivity index (χ1) is 15.2. The van der Waals surface area contributed by atoms with Crippen LogP contribution in [0.15, 0.2) is 42.5 Å². The second-order valence-electron chi connectivity index (χ2n) is 6.71. The van der Waals surface area contributed by atoms with E-state index in [0.29, 0.717) is 12.1 Å². The highest BCUT2D eigenvalue weighted by Gasteiger charge is 2.38. The highest BCUT2D eigenvalue weighted by molar-refractivity contribution is 5.98. The molecule has 0 N–H and O–H groups in total. The van der Waals surface area contributed by atoms with Crippen LogP contribution in [0.2, 0.25) is 0 Å². The number of hydrogen-bond donors (Lipinski definition) is 0. The summed E-state index contributed by atoms with van der Waals surface area (Å²) in [7, 11) is 1.02. The standard InChI is InChI=1S/C21H17F7O5/c1-11(13-7-14(20(23,24)25)9-15(8-13)21(26,27)28)33-19(32-10-17(29)31-2)18(30)12-3-5-16(22)6-4-12/h3-9,11,19H,10H2,1-2H3/t11-,19+/m0/s1. The number of alkyl halides is 6. The van der Waals surface area contributed by atoms with Crippen LogP contribution in [0.1, 0.15) is 40.1 Å². The van der Waals surface area contributed by atoms with E-state index in [4.69, 9.17) is 9.47 Å². The molecule has 0 aromatic heterocycles. The highest BCUT2D eigenvalue weighted by Crippen LogP contribution is 2.38. The summed E-state index contributed by atoms with van der Waals surface area (Å²) in [6.45, 7) is 0.291. The van der Waals surface area contributed by atoms with Crippen LogP contribution >= 0.6 is 0 Å². The normalized spacial score (nSPS) is 14.0. The maximum absolute atomic E-state index is 13.1. The van der Waals surface area contributed by atoms with Crippen LogP contribution in [0.3, 0.4) is 0 Å². The Morgan fingerprint density at radius 3 is 1.88 bits per heavy atom. The molecule has 0 saturated heterocycles. The molecule has 0 heterocycles. The van der Waals surface area contributed by atoms with Gasteiger partial charge in [0.05, 0.1) is 24.3 Å². The maximum Gasteiger partial charge on any atom is 0.416 e. The minimum atomic E-state index is -5.08. The van der Waals surface area contributed by atoms with Crippen molar-refractivity contribution in [1.82, 2.24) is 0 Å². The summed E-state index contributed by atoms with van der Waals surface area (Å²) in [5, 5.41) is 0. The fraction of sp³-hybridized carbons (Fsp3) is 0.333. The van der Waals surface area contributed by atoms with Crippen LogP contribution in [0.5, 0.6) is 0 Å². The molecule has 0 amide bonds. The molecular weight excluding hydrogens is 465 g/mol. The maximum atomic E-state index is 13.1. The Morgan fingerprint density at radius 2 is 1.42 bits per heavy atom. The summed E-state index contributed by atoms with van der Waals surface area (Å²) in [6.07, 6.45) is -13.6. The lowest BCUT2D eigenvalue weighted by molar-refractivity contribution is -0.168. The number of hydrogen-bond acceptors (Lipinski definition) is 5. The molecule has 12 heteroatoms. The summed E-state index contributed by atoms with van der Waals surface area (Å²) < 4.78 is 107. The number of ketones is 1. The van der Waals surface area contributed by atoms with Gasteiger partial charge in [0.15, 0.2) is 0 Å².